The summed E-state index contributed by atoms with van der Waals surface area (Å²) in [6.07, 6.45) is 2.95. The Morgan fingerprint density at radius 3 is 2.69 bits per heavy atom. The van der Waals surface area contributed by atoms with Gasteiger partial charge in [0, 0.05) is 22.7 Å². The van der Waals surface area contributed by atoms with Crippen LogP contribution in [-0.2, 0) is 10.0 Å². The largest absolute Gasteiger partial charge is 0.295 e. The van der Waals surface area contributed by atoms with E-state index in [2.05, 4.69) is 31.7 Å². The fourth-order valence-corrected chi connectivity index (χ4v) is 3.98. The highest BCUT2D eigenvalue weighted by atomic mass is 32.2. The summed E-state index contributed by atoms with van der Waals surface area (Å²) in [5.41, 5.74) is 0.0346. The van der Waals surface area contributed by atoms with Gasteiger partial charge in [0.1, 0.15) is 5.82 Å². The summed E-state index contributed by atoms with van der Waals surface area (Å²) in [4.78, 5) is 15.4. The molecule has 0 aliphatic carbocycles. The van der Waals surface area contributed by atoms with E-state index in [1.54, 1.807) is 6.07 Å². The molecule has 10 heteroatoms. The smallest absolute Gasteiger partial charge is 0.262 e. The number of pyridine rings is 1. The molecule has 2 aromatic heterocycles. The Labute approximate surface area is 181 Å². The van der Waals surface area contributed by atoms with Gasteiger partial charge >= 0.3 is 0 Å². The van der Waals surface area contributed by atoms with Crippen LogP contribution < -0.4 is 4.72 Å². The number of anilines is 1. The van der Waals surface area contributed by atoms with Gasteiger partial charge in [0.05, 0.1) is 22.3 Å². The quantitative estimate of drug-likeness (QED) is 0.363. The molecule has 0 amide bonds. The first-order valence-corrected chi connectivity index (χ1v) is 10.7. The van der Waals surface area contributed by atoms with Crippen molar-refractivity contribution >= 4 is 32.5 Å². The fourth-order valence-electron chi connectivity index (χ4n) is 2.87. The van der Waals surface area contributed by atoms with Gasteiger partial charge in [-0.15, -0.1) is 0 Å². The average Bonchev–Trinajstić information content (AvgIpc) is 3.23. The Balaban J connectivity index is 1.68. The number of H-pyrrole nitrogens is 1. The second-order valence-electron chi connectivity index (χ2n) is 6.76. The maximum atomic E-state index is 14.9. The molecule has 0 aliphatic rings. The van der Waals surface area contributed by atoms with Gasteiger partial charge in [-0.1, -0.05) is 24.0 Å². The van der Waals surface area contributed by atoms with E-state index >= 15 is 0 Å². The Bertz CT molecular complexity index is 1540. The van der Waals surface area contributed by atoms with Gasteiger partial charge in [0.2, 0.25) is 0 Å². The molecule has 0 saturated heterocycles. The van der Waals surface area contributed by atoms with Crippen molar-refractivity contribution in [3.63, 3.8) is 0 Å². The summed E-state index contributed by atoms with van der Waals surface area (Å²) in [7, 11) is -4.24. The third-order valence-corrected chi connectivity index (χ3v) is 5.87. The van der Waals surface area contributed by atoms with E-state index in [0.717, 1.165) is 12.1 Å². The molecule has 0 fully saturated rings. The van der Waals surface area contributed by atoms with Crippen LogP contribution in [-0.4, -0.2) is 29.4 Å². The van der Waals surface area contributed by atoms with Crippen LogP contribution in [0.5, 0.6) is 0 Å². The minimum atomic E-state index is -4.24. The van der Waals surface area contributed by atoms with E-state index in [0.29, 0.717) is 16.6 Å². The number of aromatic amines is 1. The molecule has 4 rings (SSSR count). The summed E-state index contributed by atoms with van der Waals surface area (Å²) >= 11 is 0. The van der Waals surface area contributed by atoms with Crippen LogP contribution in [0.25, 0.3) is 11.0 Å². The molecule has 0 aliphatic heterocycles. The number of rotatable bonds is 4. The first-order valence-electron chi connectivity index (χ1n) is 9.17. The summed E-state index contributed by atoms with van der Waals surface area (Å²) in [5, 5.41) is 7.19. The Kier molecular flexibility index (Phi) is 5.42. The zero-order chi connectivity index (χ0) is 22.9. The Morgan fingerprint density at radius 1 is 1.09 bits per heavy atom. The van der Waals surface area contributed by atoms with Crippen molar-refractivity contribution in [2.24, 2.45) is 0 Å². The zero-order valence-electron chi connectivity index (χ0n) is 16.5. The van der Waals surface area contributed by atoms with Crippen molar-refractivity contribution in [3.05, 3.63) is 83.2 Å². The summed E-state index contributed by atoms with van der Waals surface area (Å²) in [6, 6.07) is 8.80. The van der Waals surface area contributed by atoms with E-state index in [1.807, 2.05) is 0 Å². The first-order chi connectivity index (χ1) is 15.2. The number of ketones is 1. The van der Waals surface area contributed by atoms with E-state index < -0.39 is 32.9 Å². The highest BCUT2D eigenvalue weighted by Crippen LogP contribution is 2.24. The predicted octanol–water partition coefficient (Wildman–Crippen LogP) is 3.64. The highest BCUT2D eigenvalue weighted by molar-refractivity contribution is 7.92. The molecule has 2 aromatic carbocycles. The number of hydrogen-bond acceptors (Lipinski definition) is 5. The molecular weight excluding hydrogens is 438 g/mol. The standard InChI is InChI=1S/C22H14F2N4O3S/c1-13(29)15-3-2-4-17(10-15)32(30,31)28-20-8-7-19(23)18(21(20)24)6-5-14-9-16-12-26-27-22(16)25-11-14/h2-4,7-12,28H,1H3,(H,25,26,27). The molecule has 2 heterocycles. The highest BCUT2D eigenvalue weighted by Gasteiger charge is 2.20. The Morgan fingerprint density at radius 2 is 1.91 bits per heavy atom. The van der Waals surface area contributed by atoms with Gasteiger partial charge in [0.15, 0.2) is 17.2 Å². The number of fused-ring (bicyclic) bond motifs is 1. The molecule has 160 valence electrons. The van der Waals surface area contributed by atoms with Gasteiger partial charge in [-0.25, -0.2) is 22.2 Å². The number of benzene rings is 2. The Hall–Kier alpha value is -4.10. The molecule has 0 radical (unpaired) electrons. The lowest BCUT2D eigenvalue weighted by atomic mass is 10.1. The molecule has 0 bridgehead atoms. The van der Waals surface area contributed by atoms with Crippen molar-refractivity contribution in [2.75, 3.05) is 4.72 Å². The van der Waals surface area contributed by atoms with Crippen molar-refractivity contribution in [3.8, 4) is 11.8 Å². The SMILES string of the molecule is CC(=O)c1cccc(S(=O)(=O)Nc2ccc(F)c(C#Cc3cnc4[nH]ncc4c3)c2F)c1. The number of nitrogens with zero attached hydrogens (tertiary/aromatic N) is 2. The number of carbonyl (C=O) groups excluding carboxylic acids is 1. The predicted molar refractivity (Wildman–Crippen MR) is 113 cm³/mol. The normalized spacial score (nSPS) is 11.1. The van der Waals surface area contributed by atoms with Crippen LogP contribution in [0.15, 0.2) is 59.8 Å². The summed E-state index contributed by atoms with van der Waals surface area (Å²) in [6.45, 7) is 1.30. The van der Waals surface area contributed by atoms with Crippen molar-refractivity contribution in [1.82, 2.24) is 15.2 Å². The third-order valence-electron chi connectivity index (χ3n) is 4.51. The minimum absolute atomic E-state index is 0.183. The van der Waals surface area contributed by atoms with E-state index in [-0.39, 0.29) is 16.2 Å². The van der Waals surface area contributed by atoms with Gasteiger partial charge in [0.25, 0.3) is 10.0 Å². The molecule has 4 aromatic rings. The zero-order valence-corrected chi connectivity index (χ0v) is 17.3. The first kappa shape index (κ1) is 21.1. The number of hydrogen-bond donors (Lipinski definition) is 2. The van der Waals surface area contributed by atoms with Gasteiger partial charge in [-0.2, -0.15) is 5.10 Å². The van der Waals surface area contributed by atoms with Gasteiger partial charge in [-0.05, 0) is 37.3 Å². The van der Waals surface area contributed by atoms with Crippen LogP contribution in [0.4, 0.5) is 14.5 Å². The second kappa shape index (κ2) is 8.20. The third kappa shape index (κ3) is 4.19. The fraction of sp³-hybridized carbons (Fsp3) is 0.0455. The molecule has 0 unspecified atom stereocenters. The maximum absolute atomic E-state index is 14.9. The number of Topliss-reactive ketones (excluding diaryl/α,β-unsaturated/α-hetero) is 1. The van der Waals surface area contributed by atoms with Crippen molar-refractivity contribution in [1.29, 1.82) is 0 Å². The monoisotopic (exact) mass is 452 g/mol. The van der Waals surface area contributed by atoms with Gasteiger partial charge < -0.3 is 0 Å². The van der Waals surface area contributed by atoms with Crippen LogP contribution in [0.2, 0.25) is 0 Å². The summed E-state index contributed by atoms with van der Waals surface area (Å²) < 4.78 is 56.6. The average molecular weight is 452 g/mol. The van der Waals surface area contributed by atoms with Crippen molar-refractivity contribution in [2.45, 2.75) is 11.8 Å². The summed E-state index contributed by atoms with van der Waals surface area (Å²) in [5.74, 6) is 2.57. The van der Waals surface area contributed by atoms with Crippen molar-refractivity contribution < 1.29 is 22.0 Å². The number of carbonyl (C=O) groups is 1. The molecular formula is C22H14F2N4O3S. The number of halogens is 2. The molecule has 2 N–H and O–H groups in total. The number of aromatic nitrogens is 3. The van der Waals surface area contributed by atoms with E-state index in [4.69, 9.17) is 0 Å². The molecule has 32 heavy (non-hydrogen) atoms. The lowest BCUT2D eigenvalue weighted by Crippen LogP contribution is -2.15. The second-order valence-corrected chi connectivity index (χ2v) is 8.44. The van der Waals surface area contributed by atoms with E-state index in [9.17, 15) is 22.0 Å². The molecule has 0 spiro atoms. The number of nitrogens with one attached hydrogen (secondary N) is 2. The molecule has 7 nitrogen and oxygen atoms in total. The maximum Gasteiger partial charge on any atom is 0.262 e. The lowest BCUT2D eigenvalue weighted by Gasteiger charge is -2.11. The van der Waals surface area contributed by atoms with Gasteiger partial charge in [-0.3, -0.25) is 14.6 Å². The molecule has 0 atom stereocenters. The van der Waals surface area contributed by atoms with Crippen LogP contribution >= 0.6 is 0 Å². The van der Waals surface area contributed by atoms with Crippen LogP contribution in [0, 0.1) is 23.5 Å². The van der Waals surface area contributed by atoms with Crippen LogP contribution in [0.1, 0.15) is 28.4 Å². The number of sulfonamides is 1. The van der Waals surface area contributed by atoms with Crippen LogP contribution in [0.3, 0.4) is 0 Å². The topological polar surface area (TPSA) is 105 Å². The lowest BCUT2D eigenvalue weighted by molar-refractivity contribution is 0.101. The minimum Gasteiger partial charge on any atom is -0.295 e. The molecule has 0 saturated carbocycles. The van der Waals surface area contributed by atoms with E-state index in [1.165, 1.54) is 43.6 Å².